The summed E-state index contributed by atoms with van der Waals surface area (Å²) in [6.07, 6.45) is 6.32. The van der Waals surface area contributed by atoms with Crippen molar-refractivity contribution in [3.8, 4) is 0 Å². The third-order valence-electron chi connectivity index (χ3n) is 4.64. The van der Waals surface area contributed by atoms with E-state index in [1.807, 2.05) is 11.6 Å². The van der Waals surface area contributed by atoms with E-state index in [0.29, 0.717) is 17.9 Å². The Bertz CT molecular complexity index is 623. The normalized spacial score (nSPS) is 33.2. The molecule has 6 nitrogen and oxygen atoms in total. The molecule has 0 saturated heterocycles. The fourth-order valence-corrected chi connectivity index (χ4v) is 3.65. The minimum atomic E-state index is -0.0941. The molecular formula is C13H17N5O. The van der Waals surface area contributed by atoms with Crippen LogP contribution in [0.5, 0.6) is 0 Å². The van der Waals surface area contributed by atoms with Gasteiger partial charge in [-0.2, -0.15) is 0 Å². The number of nitrogens with zero attached hydrogens (tertiary/aromatic N) is 4. The zero-order chi connectivity index (χ0) is 13.0. The molecule has 2 bridgehead atoms. The molecule has 2 aliphatic rings. The maximum absolute atomic E-state index is 9.81. The molecule has 2 fully saturated rings. The Morgan fingerprint density at radius 3 is 2.84 bits per heavy atom. The molecule has 0 aromatic carbocycles. The van der Waals surface area contributed by atoms with Gasteiger partial charge in [0.1, 0.15) is 11.8 Å². The van der Waals surface area contributed by atoms with E-state index in [1.54, 1.807) is 12.7 Å². The van der Waals surface area contributed by atoms with Crippen molar-refractivity contribution in [3.63, 3.8) is 0 Å². The number of anilines is 1. The number of aromatic nitrogens is 4. The van der Waals surface area contributed by atoms with Crippen LogP contribution in [0.1, 0.15) is 19.3 Å². The maximum Gasteiger partial charge on any atom is 0.165 e. The average molecular weight is 259 g/mol. The van der Waals surface area contributed by atoms with Crippen LogP contribution in [0, 0.1) is 11.8 Å². The summed E-state index contributed by atoms with van der Waals surface area (Å²) < 4.78 is 1.90. The Labute approximate surface area is 110 Å². The molecule has 2 saturated carbocycles. The van der Waals surface area contributed by atoms with Crippen LogP contribution < -0.4 is 5.32 Å². The smallest absolute Gasteiger partial charge is 0.165 e. The maximum atomic E-state index is 9.81. The van der Waals surface area contributed by atoms with E-state index in [0.717, 1.165) is 36.2 Å². The van der Waals surface area contributed by atoms with Crippen LogP contribution in [0.25, 0.3) is 11.2 Å². The third kappa shape index (κ3) is 1.63. The summed E-state index contributed by atoms with van der Waals surface area (Å²) in [5, 5.41) is 13.3. The van der Waals surface area contributed by atoms with Crippen molar-refractivity contribution in [1.82, 2.24) is 19.5 Å². The average Bonchev–Trinajstić information content (AvgIpc) is 3.05. The molecule has 0 radical (unpaired) electrons. The summed E-state index contributed by atoms with van der Waals surface area (Å²) in [7, 11) is 1.93. The summed E-state index contributed by atoms with van der Waals surface area (Å²) in [5.74, 6) is 1.84. The SMILES string of the molecule is Cn1cnc2c(NC3CC4CC3CC4O)ncnc21. The van der Waals surface area contributed by atoms with Crippen LogP contribution in [0.4, 0.5) is 5.82 Å². The standard InChI is InChI=1S/C13H17N5O/c1-18-6-16-11-12(14-5-15-13(11)18)17-9-3-8-2-7(9)4-10(8)19/h5-10,19H,2-4H2,1H3,(H,14,15,17). The number of aryl methyl sites for hydroxylation is 1. The first-order chi connectivity index (χ1) is 9.22. The molecule has 2 aliphatic carbocycles. The molecule has 2 aromatic heterocycles. The van der Waals surface area contributed by atoms with Crippen molar-refractivity contribution in [3.05, 3.63) is 12.7 Å². The van der Waals surface area contributed by atoms with Gasteiger partial charge < -0.3 is 15.0 Å². The molecule has 0 aliphatic heterocycles. The van der Waals surface area contributed by atoms with Crippen molar-refractivity contribution in [2.45, 2.75) is 31.4 Å². The van der Waals surface area contributed by atoms with E-state index in [2.05, 4.69) is 20.3 Å². The van der Waals surface area contributed by atoms with Gasteiger partial charge in [0.2, 0.25) is 0 Å². The third-order valence-corrected chi connectivity index (χ3v) is 4.64. The van der Waals surface area contributed by atoms with Gasteiger partial charge in [-0.15, -0.1) is 0 Å². The second kappa shape index (κ2) is 3.90. The number of imidazole rings is 1. The van der Waals surface area contributed by atoms with E-state index in [1.165, 1.54) is 0 Å². The van der Waals surface area contributed by atoms with Gasteiger partial charge in [0.25, 0.3) is 0 Å². The highest BCUT2D eigenvalue weighted by Gasteiger charge is 2.45. The van der Waals surface area contributed by atoms with Gasteiger partial charge in [0.05, 0.1) is 12.4 Å². The number of hydrogen-bond donors (Lipinski definition) is 2. The van der Waals surface area contributed by atoms with E-state index in [9.17, 15) is 5.11 Å². The second-order valence-electron chi connectivity index (χ2n) is 5.80. The van der Waals surface area contributed by atoms with Gasteiger partial charge in [-0.1, -0.05) is 0 Å². The molecule has 4 rings (SSSR count). The lowest BCUT2D eigenvalue weighted by molar-refractivity contribution is 0.110. The Morgan fingerprint density at radius 2 is 2.11 bits per heavy atom. The molecule has 2 aromatic rings. The topological polar surface area (TPSA) is 75.9 Å². The van der Waals surface area contributed by atoms with Gasteiger partial charge in [0, 0.05) is 13.1 Å². The lowest BCUT2D eigenvalue weighted by Gasteiger charge is -2.26. The Morgan fingerprint density at radius 1 is 1.21 bits per heavy atom. The largest absolute Gasteiger partial charge is 0.393 e. The van der Waals surface area contributed by atoms with Crippen molar-refractivity contribution in [1.29, 1.82) is 0 Å². The number of fused-ring (bicyclic) bond motifs is 3. The first-order valence-corrected chi connectivity index (χ1v) is 6.79. The molecule has 4 atom stereocenters. The van der Waals surface area contributed by atoms with Crippen LogP contribution in [0.2, 0.25) is 0 Å². The Balaban J connectivity index is 1.63. The van der Waals surface area contributed by atoms with Gasteiger partial charge >= 0.3 is 0 Å². The molecule has 0 amide bonds. The number of aliphatic hydroxyl groups excluding tert-OH is 1. The highest BCUT2D eigenvalue weighted by molar-refractivity contribution is 5.82. The van der Waals surface area contributed by atoms with Crippen LogP contribution in [0.15, 0.2) is 12.7 Å². The van der Waals surface area contributed by atoms with E-state index >= 15 is 0 Å². The highest BCUT2D eigenvalue weighted by atomic mass is 16.3. The first kappa shape index (κ1) is 11.2. The van der Waals surface area contributed by atoms with Gasteiger partial charge in [-0.05, 0) is 31.1 Å². The van der Waals surface area contributed by atoms with E-state index in [-0.39, 0.29) is 6.10 Å². The molecule has 4 unspecified atom stereocenters. The molecule has 6 heteroatoms. The molecular weight excluding hydrogens is 242 g/mol. The van der Waals surface area contributed by atoms with Crippen molar-refractivity contribution in [2.75, 3.05) is 5.32 Å². The summed E-state index contributed by atoms with van der Waals surface area (Å²) in [6, 6.07) is 0.411. The lowest BCUT2D eigenvalue weighted by atomic mass is 9.93. The lowest BCUT2D eigenvalue weighted by Crippen LogP contribution is -2.31. The molecule has 2 heterocycles. The zero-order valence-electron chi connectivity index (χ0n) is 10.8. The number of nitrogens with one attached hydrogen (secondary N) is 1. The minimum Gasteiger partial charge on any atom is -0.393 e. The molecule has 0 spiro atoms. The Kier molecular flexibility index (Phi) is 2.29. The fourth-order valence-electron chi connectivity index (χ4n) is 3.65. The number of hydrogen-bond acceptors (Lipinski definition) is 5. The monoisotopic (exact) mass is 259 g/mol. The fraction of sp³-hybridized carbons (Fsp3) is 0.615. The van der Waals surface area contributed by atoms with E-state index < -0.39 is 0 Å². The second-order valence-corrected chi connectivity index (χ2v) is 5.80. The van der Waals surface area contributed by atoms with E-state index in [4.69, 9.17) is 0 Å². The summed E-state index contributed by atoms with van der Waals surface area (Å²) in [6.45, 7) is 0. The zero-order valence-corrected chi connectivity index (χ0v) is 10.8. The molecule has 100 valence electrons. The van der Waals surface area contributed by atoms with Crippen molar-refractivity contribution in [2.24, 2.45) is 18.9 Å². The minimum absolute atomic E-state index is 0.0941. The summed E-state index contributed by atoms with van der Waals surface area (Å²) in [4.78, 5) is 12.9. The first-order valence-electron chi connectivity index (χ1n) is 6.79. The van der Waals surface area contributed by atoms with Crippen LogP contribution in [-0.4, -0.2) is 36.8 Å². The summed E-state index contributed by atoms with van der Waals surface area (Å²) >= 11 is 0. The quantitative estimate of drug-likeness (QED) is 0.839. The summed E-state index contributed by atoms with van der Waals surface area (Å²) in [5.41, 5.74) is 1.68. The van der Waals surface area contributed by atoms with Crippen molar-refractivity contribution < 1.29 is 5.11 Å². The highest BCUT2D eigenvalue weighted by Crippen LogP contribution is 2.45. The van der Waals surface area contributed by atoms with Crippen molar-refractivity contribution >= 4 is 17.0 Å². The van der Waals surface area contributed by atoms with Gasteiger partial charge in [-0.25, -0.2) is 15.0 Å². The number of rotatable bonds is 2. The van der Waals surface area contributed by atoms with Crippen LogP contribution in [-0.2, 0) is 7.05 Å². The molecule has 19 heavy (non-hydrogen) atoms. The van der Waals surface area contributed by atoms with Crippen LogP contribution in [0.3, 0.4) is 0 Å². The van der Waals surface area contributed by atoms with Gasteiger partial charge in [-0.3, -0.25) is 0 Å². The predicted molar refractivity (Wildman–Crippen MR) is 70.6 cm³/mol. The van der Waals surface area contributed by atoms with Gasteiger partial charge in [0.15, 0.2) is 11.5 Å². The van der Waals surface area contributed by atoms with Crippen LogP contribution >= 0.6 is 0 Å². The number of aliphatic hydroxyl groups is 1. The molecule has 2 N–H and O–H groups in total. The predicted octanol–water partition coefficient (Wildman–Crippen LogP) is 0.935. The Hall–Kier alpha value is -1.69.